The summed E-state index contributed by atoms with van der Waals surface area (Å²) in [5.74, 6) is 0.0262. The van der Waals surface area contributed by atoms with Crippen LogP contribution >= 0.6 is 0 Å². The first-order valence-electron chi connectivity index (χ1n) is 5.65. The van der Waals surface area contributed by atoms with Gasteiger partial charge in [-0.25, -0.2) is 8.42 Å². The highest BCUT2D eigenvalue weighted by Crippen LogP contribution is 2.23. The summed E-state index contributed by atoms with van der Waals surface area (Å²) in [7, 11) is -0.457. The molecule has 104 valence electrons. The lowest BCUT2D eigenvalue weighted by atomic mass is 10.5. The normalized spacial score (nSPS) is 12.3. The van der Waals surface area contributed by atoms with E-state index in [1.807, 2.05) is 6.92 Å². The molecule has 7 nitrogen and oxygen atoms in total. The second-order valence-electron chi connectivity index (χ2n) is 3.95. The molecule has 0 bridgehead atoms. The second-order valence-corrected chi connectivity index (χ2v) is 5.93. The topological polar surface area (TPSA) is 90.4 Å². The molecule has 2 N–H and O–H groups in total. The number of anilines is 1. The Morgan fingerprint density at radius 2 is 2.11 bits per heavy atom. The molecule has 0 aromatic carbocycles. The first-order chi connectivity index (χ1) is 8.32. The maximum atomic E-state index is 12.3. The third kappa shape index (κ3) is 2.82. The minimum atomic E-state index is -3.61. The van der Waals surface area contributed by atoms with Gasteiger partial charge in [0.05, 0.1) is 12.3 Å². The largest absolute Gasteiger partial charge is 0.381 e. The number of ether oxygens (including phenoxy) is 1. The standard InChI is InChI=1S/C10H20N4O3S/c1-5-17-7-6-13(3)18(15,16)9-8(2)14(4)12-10(9)11/h5-7H2,1-4H3,(H2,11,12). The molecule has 0 saturated heterocycles. The van der Waals surface area contributed by atoms with Gasteiger partial charge < -0.3 is 10.5 Å². The van der Waals surface area contributed by atoms with Gasteiger partial charge in [-0.3, -0.25) is 4.68 Å². The molecule has 0 spiro atoms. The van der Waals surface area contributed by atoms with Crippen LogP contribution in [0, 0.1) is 6.92 Å². The summed E-state index contributed by atoms with van der Waals surface area (Å²) in [6.07, 6.45) is 0. The zero-order valence-corrected chi connectivity index (χ0v) is 12.0. The highest BCUT2D eigenvalue weighted by Gasteiger charge is 2.28. The Kier molecular flexibility index (Phi) is 4.71. The van der Waals surface area contributed by atoms with Gasteiger partial charge in [-0.2, -0.15) is 9.40 Å². The molecule has 0 unspecified atom stereocenters. The van der Waals surface area contributed by atoms with Crippen molar-refractivity contribution in [2.45, 2.75) is 18.7 Å². The maximum Gasteiger partial charge on any atom is 0.248 e. The molecule has 0 radical (unpaired) electrons. The predicted octanol–water partition coefficient (Wildman–Crippen LogP) is -0.0323. The van der Waals surface area contributed by atoms with E-state index in [0.717, 1.165) is 0 Å². The monoisotopic (exact) mass is 276 g/mol. The molecule has 0 saturated carbocycles. The highest BCUT2D eigenvalue weighted by molar-refractivity contribution is 7.89. The van der Waals surface area contributed by atoms with Gasteiger partial charge in [0.25, 0.3) is 0 Å². The van der Waals surface area contributed by atoms with Crippen molar-refractivity contribution in [1.82, 2.24) is 14.1 Å². The summed E-state index contributed by atoms with van der Waals surface area (Å²) >= 11 is 0. The summed E-state index contributed by atoms with van der Waals surface area (Å²) in [6.45, 7) is 4.72. The molecule has 0 fully saturated rings. The fourth-order valence-electron chi connectivity index (χ4n) is 1.55. The lowest BCUT2D eigenvalue weighted by molar-refractivity contribution is 0.138. The number of hydrogen-bond donors (Lipinski definition) is 1. The average Bonchev–Trinajstić information content (AvgIpc) is 2.53. The van der Waals surface area contributed by atoms with Crippen molar-refractivity contribution in [2.75, 3.05) is 32.5 Å². The van der Waals surface area contributed by atoms with E-state index >= 15 is 0 Å². The van der Waals surface area contributed by atoms with Gasteiger partial charge in [-0.05, 0) is 13.8 Å². The van der Waals surface area contributed by atoms with Crippen LogP contribution in [0.4, 0.5) is 5.82 Å². The number of nitrogens with zero attached hydrogens (tertiary/aromatic N) is 3. The van der Waals surface area contributed by atoms with E-state index in [0.29, 0.717) is 18.9 Å². The molecule has 1 heterocycles. The Bertz CT molecular complexity index is 509. The third-order valence-corrected chi connectivity index (χ3v) is 4.75. The highest BCUT2D eigenvalue weighted by atomic mass is 32.2. The molecular formula is C10H20N4O3S. The number of aromatic nitrogens is 2. The molecule has 8 heteroatoms. The molecule has 18 heavy (non-hydrogen) atoms. The van der Waals surface area contributed by atoms with Crippen LogP contribution in [0.1, 0.15) is 12.6 Å². The Morgan fingerprint density at radius 3 is 2.56 bits per heavy atom. The molecule has 1 aromatic heterocycles. The van der Waals surface area contributed by atoms with E-state index in [1.165, 1.54) is 16.0 Å². The minimum Gasteiger partial charge on any atom is -0.381 e. The lowest BCUT2D eigenvalue weighted by Gasteiger charge is -2.16. The van der Waals surface area contributed by atoms with Crippen LogP contribution in [-0.4, -0.2) is 49.3 Å². The summed E-state index contributed by atoms with van der Waals surface area (Å²) in [5.41, 5.74) is 6.18. The van der Waals surface area contributed by atoms with E-state index in [4.69, 9.17) is 10.5 Å². The number of nitrogen functional groups attached to an aromatic ring is 1. The van der Waals surface area contributed by atoms with Crippen LogP contribution in [0.3, 0.4) is 0 Å². The van der Waals surface area contributed by atoms with Crippen molar-refractivity contribution < 1.29 is 13.2 Å². The van der Waals surface area contributed by atoms with E-state index in [1.54, 1.807) is 14.0 Å². The van der Waals surface area contributed by atoms with Gasteiger partial charge in [-0.1, -0.05) is 0 Å². The quantitative estimate of drug-likeness (QED) is 0.737. The number of sulfonamides is 1. The fraction of sp³-hybridized carbons (Fsp3) is 0.700. The first kappa shape index (κ1) is 14.9. The van der Waals surface area contributed by atoms with Crippen LogP contribution in [0.2, 0.25) is 0 Å². The van der Waals surface area contributed by atoms with Gasteiger partial charge in [0.15, 0.2) is 5.82 Å². The molecule has 1 aromatic rings. The zero-order valence-electron chi connectivity index (χ0n) is 11.2. The molecule has 0 aliphatic rings. The van der Waals surface area contributed by atoms with Crippen molar-refractivity contribution in [1.29, 1.82) is 0 Å². The van der Waals surface area contributed by atoms with Crippen molar-refractivity contribution in [3.8, 4) is 0 Å². The SMILES string of the molecule is CCOCCN(C)S(=O)(=O)c1c(N)nn(C)c1C. The van der Waals surface area contributed by atoms with E-state index in [9.17, 15) is 8.42 Å². The van der Waals surface area contributed by atoms with Crippen molar-refractivity contribution in [2.24, 2.45) is 7.05 Å². The fourth-order valence-corrected chi connectivity index (χ4v) is 2.98. The third-order valence-electron chi connectivity index (χ3n) is 2.73. The van der Waals surface area contributed by atoms with Crippen LogP contribution < -0.4 is 5.73 Å². The lowest BCUT2D eigenvalue weighted by Crippen LogP contribution is -2.31. The molecule has 0 aliphatic heterocycles. The van der Waals surface area contributed by atoms with E-state index in [-0.39, 0.29) is 17.3 Å². The number of nitrogens with two attached hydrogens (primary N) is 1. The number of hydrogen-bond acceptors (Lipinski definition) is 5. The van der Waals surface area contributed by atoms with Gasteiger partial charge in [0, 0.05) is 27.2 Å². The Labute approximate surface area is 108 Å². The van der Waals surface area contributed by atoms with E-state index in [2.05, 4.69) is 5.10 Å². The summed E-state index contributed by atoms with van der Waals surface area (Å²) < 4.78 is 32.5. The summed E-state index contributed by atoms with van der Waals surface area (Å²) in [5, 5.41) is 3.91. The van der Waals surface area contributed by atoms with Crippen molar-refractivity contribution in [3.63, 3.8) is 0 Å². The van der Waals surface area contributed by atoms with Gasteiger partial charge >= 0.3 is 0 Å². The number of likely N-dealkylation sites (N-methyl/N-ethyl adjacent to an activating group) is 1. The van der Waals surface area contributed by atoms with Gasteiger partial charge in [-0.15, -0.1) is 0 Å². The molecule has 1 rings (SSSR count). The zero-order chi connectivity index (χ0) is 13.9. The van der Waals surface area contributed by atoms with Crippen molar-refractivity contribution in [3.05, 3.63) is 5.69 Å². The van der Waals surface area contributed by atoms with Gasteiger partial charge in [0.2, 0.25) is 10.0 Å². The Balaban J connectivity index is 2.99. The number of aryl methyl sites for hydroxylation is 1. The minimum absolute atomic E-state index is 0.0262. The van der Waals surface area contributed by atoms with Crippen LogP contribution in [-0.2, 0) is 21.8 Å². The molecule has 0 aliphatic carbocycles. The average molecular weight is 276 g/mol. The summed E-state index contributed by atoms with van der Waals surface area (Å²) in [6, 6.07) is 0. The number of rotatable bonds is 6. The Hall–Kier alpha value is -1.12. The maximum absolute atomic E-state index is 12.3. The Morgan fingerprint density at radius 1 is 1.50 bits per heavy atom. The van der Waals surface area contributed by atoms with E-state index < -0.39 is 10.0 Å². The van der Waals surface area contributed by atoms with Crippen LogP contribution in [0.5, 0.6) is 0 Å². The first-order valence-corrected chi connectivity index (χ1v) is 7.09. The smallest absolute Gasteiger partial charge is 0.248 e. The predicted molar refractivity (Wildman–Crippen MR) is 68.7 cm³/mol. The summed E-state index contributed by atoms with van der Waals surface area (Å²) in [4.78, 5) is 0.0731. The second kappa shape index (κ2) is 5.68. The molecular weight excluding hydrogens is 256 g/mol. The molecule has 0 atom stereocenters. The van der Waals surface area contributed by atoms with Crippen LogP contribution in [0.15, 0.2) is 4.90 Å². The van der Waals surface area contributed by atoms with Crippen LogP contribution in [0.25, 0.3) is 0 Å². The van der Waals surface area contributed by atoms with Crippen molar-refractivity contribution >= 4 is 15.8 Å². The molecule has 0 amide bonds. The van der Waals surface area contributed by atoms with Gasteiger partial charge in [0.1, 0.15) is 4.90 Å².